The molecule has 1 saturated heterocycles. The Morgan fingerprint density at radius 3 is 2.77 bits per heavy atom. The van der Waals surface area contributed by atoms with E-state index >= 15 is 0 Å². The first-order valence-electron chi connectivity index (χ1n) is 10.4. The SMILES string of the molecule is CCCOc1ccc(C2CC(C(=O)N/N=C/c3c(O)ccc4ccccc34)NN2)cc1. The van der Waals surface area contributed by atoms with Crippen molar-refractivity contribution in [3.05, 3.63) is 71.8 Å². The number of aromatic hydroxyl groups is 1. The lowest BCUT2D eigenvalue weighted by Gasteiger charge is -2.11. The van der Waals surface area contributed by atoms with Gasteiger partial charge in [0.1, 0.15) is 17.5 Å². The van der Waals surface area contributed by atoms with Crippen molar-refractivity contribution in [2.45, 2.75) is 31.8 Å². The number of hydrazine groups is 1. The summed E-state index contributed by atoms with van der Waals surface area (Å²) in [6.07, 6.45) is 3.04. The van der Waals surface area contributed by atoms with Gasteiger partial charge in [-0.2, -0.15) is 5.10 Å². The molecule has 4 N–H and O–H groups in total. The van der Waals surface area contributed by atoms with Crippen LogP contribution in [-0.2, 0) is 4.79 Å². The van der Waals surface area contributed by atoms with Crippen LogP contribution in [0.4, 0.5) is 0 Å². The Hall–Kier alpha value is -3.42. The van der Waals surface area contributed by atoms with Gasteiger partial charge in [-0.05, 0) is 47.4 Å². The molecule has 1 fully saturated rings. The zero-order valence-corrected chi connectivity index (χ0v) is 17.3. The minimum atomic E-state index is -0.417. The largest absolute Gasteiger partial charge is 0.507 e. The highest BCUT2D eigenvalue weighted by Gasteiger charge is 2.30. The number of hydrogen-bond donors (Lipinski definition) is 4. The van der Waals surface area contributed by atoms with Gasteiger partial charge in [-0.15, -0.1) is 0 Å². The molecule has 1 amide bonds. The van der Waals surface area contributed by atoms with Crippen LogP contribution in [0.5, 0.6) is 11.5 Å². The number of hydrogen-bond acceptors (Lipinski definition) is 6. The fourth-order valence-electron chi connectivity index (χ4n) is 3.62. The standard InChI is InChI=1S/C24H26N4O3/c1-2-13-31-18-10-7-17(8-11-18)21-14-22(27-26-21)24(30)28-25-15-20-19-6-4-3-5-16(19)9-12-23(20)29/h3-12,15,21-22,26-27,29H,2,13-14H2,1H3,(H,28,30)/b25-15+. The number of nitrogens with zero attached hydrogens (tertiary/aromatic N) is 1. The maximum Gasteiger partial charge on any atom is 0.258 e. The number of ether oxygens (including phenoxy) is 1. The molecule has 1 aliphatic rings. The van der Waals surface area contributed by atoms with Crippen molar-refractivity contribution in [1.82, 2.24) is 16.3 Å². The first kappa shape index (κ1) is 20.8. The fraction of sp³-hybridized carbons (Fsp3) is 0.250. The van der Waals surface area contributed by atoms with E-state index in [1.165, 1.54) is 6.21 Å². The Bertz CT molecular complexity index is 1080. The van der Waals surface area contributed by atoms with Gasteiger partial charge in [0.05, 0.1) is 12.8 Å². The second-order valence-corrected chi connectivity index (χ2v) is 7.50. The molecule has 0 saturated carbocycles. The van der Waals surface area contributed by atoms with E-state index in [2.05, 4.69) is 28.3 Å². The minimum Gasteiger partial charge on any atom is -0.507 e. The number of fused-ring (bicyclic) bond motifs is 1. The molecule has 3 aromatic rings. The number of carbonyl (C=O) groups is 1. The molecule has 3 aromatic carbocycles. The normalized spacial score (nSPS) is 18.5. The first-order valence-corrected chi connectivity index (χ1v) is 10.4. The van der Waals surface area contributed by atoms with Gasteiger partial charge in [0.25, 0.3) is 5.91 Å². The zero-order valence-electron chi connectivity index (χ0n) is 17.3. The quantitative estimate of drug-likeness (QED) is 0.349. The van der Waals surface area contributed by atoms with Crippen LogP contribution in [0.3, 0.4) is 0 Å². The topological polar surface area (TPSA) is 95.0 Å². The second kappa shape index (κ2) is 9.59. The molecular formula is C24H26N4O3. The number of hydrazone groups is 1. The van der Waals surface area contributed by atoms with Crippen molar-refractivity contribution in [1.29, 1.82) is 0 Å². The minimum absolute atomic E-state index is 0.0158. The highest BCUT2D eigenvalue weighted by Crippen LogP contribution is 2.26. The monoisotopic (exact) mass is 418 g/mol. The molecule has 31 heavy (non-hydrogen) atoms. The lowest BCUT2D eigenvalue weighted by Crippen LogP contribution is -2.41. The van der Waals surface area contributed by atoms with Crippen molar-refractivity contribution in [2.24, 2.45) is 5.10 Å². The van der Waals surface area contributed by atoms with Crippen LogP contribution < -0.4 is 21.0 Å². The van der Waals surface area contributed by atoms with Crippen LogP contribution in [0.2, 0.25) is 0 Å². The van der Waals surface area contributed by atoms with Crippen molar-refractivity contribution in [3.63, 3.8) is 0 Å². The van der Waals surface area contributed by atoms with Gasteiger partial charge in [0.2, 0.25) is 0 Å². The van der Waals surface area contributed by atoms with Crippen molar-refractivity contribution >= 4 is 22.9 Å². The summed E-state index contributed by atoms with van der Waals surface area (Å²) in [5.41, 5.74) is 10.4. The molecule has 0 spiro atoms. The first-order chi connectivity index (χ1) is 15.2. The van der Waals surface area contributed by atoms with E-state index in [0.29, 0.717) is 18.6 Å². The van der Waals surface area contributed by atoms with Gasteiger partial charge < -0.3 is 9.84 Å². The molecule has 7 nitrogen and oxygen atoms in total. The van der Waals surface area contributed by atoms with Gasteiger partial charge in [-0.3, -0.25) is 4.79 Å². The number of phenolic OH excluding ortho intramolecular Hbond substituents is 1. The summed E-state index contributed by atoms with van der Waals surface area (Å²) in [6.45, 7) is 2.77. The Balaban J connectivity index is 1.36. The van der Waals surface area contributed by atoms with Crippen molar-refractivity contribution in [2.75, 3.05) is 6.61 Å². The summed E-state index contributed by atoms with van der Waals surface area (Å²) in [5.74, 6) is 0.717. The van der Waals surface area contributed by atoms with Crippen LogP contribution in [0, 0.1) is 0 Å². The number of amides is 1. The van der Waals surface area contributed by atoms with Crippen LogP contribution in [0.15, 0.2) is 65.8 Å². The molecule has 1 heterocycles. The summed E-state index contributed by atoms with van der Waals surface area (Å²) in [6, 6.07) is 18.7. The third kappa shape index (κ3) is 4.84. The summed E-state index contributed by atoms with van der Waals surface area (Å²) in [7, 11) is 0. The predicted octanol–water partition coefficient (Wildman–Crippen LogP) is 3.39. The molecule has 0 aromatic heterocycles. The molecule has 0 radical (unpaired) electrons. The molecule has 2 unspecified atom stereocenters. The van der Waals surface area contributed by atoms with Gasteiger partial charge >= 0.3 is 0 Å². The number of nitrogens with one attached hydrogen (secondary N) is 3. The summed E-state index contributed by atoms with van der Waals surface area (Å²) < 4.78 is 5.61. The smallest absolute Gasteiger partial charge is 0.258 e. The Labute approximate surface area is 181 Å². The van der Waals surface area contributed by atoms with E-state index in [4.69, 9.17) is 4.74 Å². The number of benzene rings is 3. The Morgan fingerprint density at radius 1 is 1.16 bits per heavy atom. The van der Waals surface area contributed by atoms with E-state index in [9.17, 15) is 9.90 Å². The maximum absolute atomic E-state index is 12.5. The molecule has 160 valence electrons. The molecule has 1 aliphatic heterocycles. The van der Waals surface area contributed by atoms with Crippen LogP contribution in [-0.4, -0.2) is 29.9 Å². The predicted molar refractivity (Wildman–Crippen MR) is 121 cm³/mol. The third-order valence-electron chi connectivity index (χ3n) is 5.29. The van der Waals surface area contributed by atoms with Crippen molar-refractivity contribution in [3.8, 4) is 11.5 Å². The molecule has 0 bridgehead atoms. The van der Waals surface area contributed by atoms with E-state index in [-0.39, 0.29) is 17.7 Å². The van der Waals surface area contributed by atoms with Crippen molar-refractivity contribution < 1.29 is 14.6 Å². The zero-order chi connectivity index (χ0) is 21.6. The van der Waals surface area contributed by atoms with Gasteiger partial charge in [0.15, 0.2) is 0 Å². The maximum atomic E-state index is 12.5. The van der Waals surface area contributed by atoms with Gasteiger partial charge in [0, 0.05) is 11.6 Å². The van der Waals surface area contributed by atoms with E-state index in [1.54, 1.807) is 6.07 Å². The summed E-state index contributed by atoms with van der Waals surface area (Å²) >= 11 is 0. The third-order valence-corrected chi connectivity index (χ3v) is 5.29. The fourth-order valence-corrected chi connectivity index (χ4v) is 3.62. The van der Waals surface area contributed by atoms with Crippen LogP contribution in [0.25, 0.3) is 10.8 Å². The number of carbonyl (C=O) groups excluding carboxylic acids is 1. The summed E-state index contributed by atoms with van der Waals surface area (Å²) in [4.78, 5) is 12.5. The van der Waals surface area contributed by atoms with Gasteiger partial charge in [-0.1, -0.05) is 49.4 Å². The molecule has 4 rings (SSSR count). The van der Waals surface area contributed by atoms with E-state index in [0.717, 1.165) is 28.5 Å². The highest BCUT2D eigenvalue weighted by molar-refractivity contribution is 6.02. The second-order valence-electron chi connectivity index (χ2n) is 7.50. The highest BCUT2D eigenvalue weighted by atomic mass is 16.5. The Morgan fingerprint density at radius 2 is 1.97 bits per heavy atom. The average molecular weight is 418 g/mol. The summed E-state index contributed by atoms with van der Waals surface area (Å²) in [5, 5.41) is 16.1. The lowest BCUT2D eigenvalue weighted by atomic mass is 10.0. The average Bonchev–Trinajstić information content (AvgIpc) is 3.30. The van der Waals surface area contributed by atoms with Crippen LogP contribution >= 0.6 is 0 Å². The van der Waals surface area contributed by atoms with Crippen LogP contribution in [0.1, 0.15) is 36.9 Å². The molecule has 0 aliphatic carbocycles. The molecular weight excluding hydrogens is 392 g/mol. The van der Waals surface area contributed by atoms with E-state index in [1.807, 2.05) is 54.6 Å². The van der Waals surface area contributed by atoms with E-state index < -0.39 is 6.04 Å². The molecule has 2 atom stereocenters. The molecule has 7 heteroatoms. The van der Waals surface area contributed by atoms with Gasteiger partial charge in [-0.25, -0.2) is 16.3 Å². The number of phenols is 1. The Kier molecular flexibility index (Phi) is 6.45. The lowest BCUT2D eigenvalue weighted by molar-refractivity contribution is -0.122. The number of rotatable bonds is 7.